The molecule has 0 saturated heterocycles. The van der Waals surface area contributed by atoms with E-state index in [1.165, 1.54) is 12.1 Å². The van der Waals surface area contributed by atoms with Crippen molar-refractivity contribution in [1.29, 1.82) is 0 Å². The van der Waals surface area contributed by atoms with Crippen LogP contribution in [-0.2, 0) is 21.4 Å². The van der Waals surface area contributed by atoms with Crippen LogP contribution in [0, 0.1) is 0 Å². The summed E-state index contributed by atoms with van der Waals surface area (Å²) in [5.74, 6) is -0.267. The second-order valence-corrected chi connectivity index (χ2v) is 8.08. The zero-order valence-corrected chi connectivity index (χ0v) is 16.4. The molecule has 3 rings (SSSR count). The van der Waals surface area contributed by atoms with Gasteiger partial charge in [0.1, 0.15) is 4.90 Å². The highest BCUT2D eigenvalue weighted by molar-refractivity contribution is 7.89. The maximum Gasteiger partial charge on any atom is 0.242 e. The molecule has 2 aromatic carbocycles. The summed E-state index contributed by atoms with van der Waals surface area (Å²) in [6, 6.07) is 15.6. The Morgan fingerprint density at radius 3 is 2.57 bits per heavy atom. The largest absolute Gasteiger partial charge is 0.352 e. The number of benzene rings is 2. The van der Waals surface area contributed by atoms with E-state index < -0.39 is 10.0 Å². The lowest BCUT2D eigenvalue weighted by molar-refractivity contribution is -0.121. The van der Waals surface area contributed by atoms with Gasteiger partial charge in [-0.2, -0.15) is 5.10 Å². The van der Waals surface area contributed by atoms with Crippen molar-refractivity contribution in [2.24, 2.45) is 0 Å². The number of carbonyl (C=O) groups excluding carboxylic acids is 1. The van der Waals surface area contributed by atoms with Crippen LogP contribution in [0.4, 0.5) is 0 Å². The van der Waals surface area contributed by atoms with Gasteiger partial charge in [0.2, 0.25) is 15.9 Å². The molecular weight excluding hydrogens is 400 g/mol. The summed E-state index contributed by atoms with van der Waals surface area (Å²) in [6.45, 7) is 0.284. The third-order valence-electron chi connectivity index (χ3n) is 3.99. The summed E-state index contributed by atoms with van der Waals surface area (Å²) in [4.78, 5) is 12.1. The zero-order chi connectivity index (χ0) is 20.0. The Kier molecular flexibility index (Phi) is 6.45. The number of hydrogen-bond donors (Lipinski definition) is 2. The summed E-state index contributed by atoms with van der Waals surface area (Å²) < 4.78 is 28.6. The quantitative estimate of drug-likeness (QED) is 0.587. The number of amides is 1. The van der Waals surface area contributed by atoms with Crippen molar-refractivity contribution < 1.29 is 13.2 Å². The van der Waals surface area contributed by atoms with Crippen molar-refractivity contribution in [2.45, 2.75) is 17.9 Å². The fraction of sp³-hybridized carbons (Fsp3) is 0.158. The monoisotopic (exact) mass is 418 g/mol. The van der Waals surface area contributed by atoms with Crippen molar-refractivity contribution in [3.63, 3.8) is 0 Å². The molecule has 0 unspecified atom stereocenters. The van der Waals surface area contributed by atoms with Gasteiger partial charge < -0.3 is 5.32 Å². The number of sulfonamides is 1. The van der Waals surface area contributed by atoms with E-state index in [4.69, 9.17) is 11.6 Å². The van der Waals surface area contributed by atoms with Crippen LogP contribution in [0.15, 0.2) is 71.9 Å². The van der Waals surface area contributed by atoms with Gasteiger partial charge >= 0.3 is 0 Å². The molecule has 7 nitrogen and oxygen atoms in total. The average Bonchev–Trinajstić information content (AvgIpc) is 3.21. The summed E-state index contributed by atoms with van der Waals surface area (Å²) in [6.07, 6.45) is 3.51. The minimum absolute atomic E-state index is 0.00756. The first-order valence-corrected chi connectivity index (χ1v) is 10.4. The Morgan fingerprint density at radius 2 is 1.82 bits per heavy atom. The van der Waals surface area contributed by atoms with Crippen molar-refractivity contribution >= 4 is 27.5 Å². The SMILES string of the molecule is O=C(CCNS(=O)(=O)c1ccccc1Cl)NCc1ccccc1-n1cccn1. The van der Waals surface area contributed by atoms with E-state index in [9.17, 15) is 13.2 Å². The van der Waals surface area contributed by atoms with E-state index in [0.717, 1.165) is 11.3 Å². The van der Waals surface area contributed by atoms with E-state index >= 15 is 0 Å². The molecule has 3 aromatic rings. The Hall–Kier alpha value is -2.68. The van der Waals surface area contributed by atoms with Crippen LogP contribution in [0.3, 0.4) is 0 Å². The lowest BCUT2D eigenvalue weighted by atomic mass is 10.1. The average molecular weight is 419 g/mol. The third-order valence-corrected chi connectivity index (χ3v) is 5.95. The Morgan fingerprint density at radius 1 is 1.07 bits per heavy atom. The molecule has 0 aliphatic heterocycles. The lowest BCUT2D eigenvalue weighted by Gasteiger charge is -2.11. The molecule has 0 aliphatic carbocycles. The molecule has 0 radical (unpaired) electrons. The minimum Gasteiger partial charge on any atom is -0.352 e. The third kappa shape index (κ3) is 4.98. The highest BCUT2D eigenvalue weighted by Crippen LogP contribution is 2.20. The number of aromatic nitrogens is 2. The van der Waals surface area contributed by atoms with Gasteiger partial charge in [-0.1, -0.05) is 41.9 Å². The second-order valence-electron chi connectivity index (χ2n) is 5.93. The standard InChI is InChI=1S/C19H19ClN4O3S/c20-16-7-2-4-9-18(16)28(26,27)23-12-10-19(25)21-14-15-6-1-3-8-17(15)24-13-5-11-22-24/h1-9,11,13,23H,10,12,14H2,(H,21,25). The normalized spacial score (nSPS) is 11.3. The van der Waals surface area contributed by atoms with Crippen LogP contribution in [-0.4, -0.2) is 30.7 Å². The molecular formula is C19H19ClN4O3S. The fourth-order valence-electron chi connectivity index (χ4n) is 2.62. The van der Waals surface area contributed by atoms with Gasteiger partial charge in [-0.3, -0.25) is 4.79 Å². The molecule has 0 aliphatic rings. The first kappa shape index (κ1) is 20.1. The van der Waals surface area contributed by atoms with E-state index in [1.54, 1.807) is 23.0 Å². The van der Waals surface area contributed by atoms with Crippen molar-refractivity contribution in [1.82, 2.24) is 19.8 Å². The first-order valence-electron chi connectivity index (χ1n) is 8.56. The van der Waals surface area contributed by atoms with Gasteiger partial charge in [0.15, 0.2) is 0 Å². The van der Waals surface area contributed by atoms with E-state index in [0.29, 0.717) is 6.54 Å². The van der Waals surface area contributed by atoms with Gasteiger partial charge in [0, 0.05) is 31.9 Å². The molecule has 0 saturated carbocycles. The smallest absolute Gasteiger partial charge is 0.242 e. The second kappa shape index (κ2) is 9.01. The number of nitrogens with one attached hydrogen (secondary N) is 2. The Bertz CT molecular complexity index is 1050. The van der Waals surface area contributed by atoms with Crippen LogP contribution in [0.2, 0.25) is 5.02 Å². The summed E-state index contributed by atoms with van der Waals surface area (Å²) in [7, 11) is -3.76. The number of halogens is 1. The van der Waals surface area contributed by atoms with Gasteiger partial charge in [0.25, 0.3) is 0 Å². The minimum atomic E-state index is -3.76. The molecule has 0 spiro atoms. The van der Waals surface area contributed by atoms with Crippen molar-refractivity contribution in [3.05, 3.63) is 77.6 Å². The predicted molar refractivity (Wildman–Crippen MR) is 107 cm³/mol. The first-order chi connectivity index (χ1) is 13.5. The Balaban J connectivity index is 1.53. The van der Waals surface area contributed by atoms with Crippen molar-refractivity contribution in [3.8, 4) is 5.69 Å². The Labute approximate surface area is 168 Å². The molecule has 1 aromatic heterocycles. The van der Waals surface area contributed by atoms with Crippen molar-refractivity contribution in [2.75, 3.05) is 6.54 Å². The van der Waals surface area contributed by atoms with Crippen LogP contribution in [0.25, 0.3) is 5.69 Å². The molecule has 1 amide bonds. The van der Waals surface area contributed by atoms with Crippen LogP contribution < -0.4 is 10.0 Å². The van der Waals surface area contributed by atoms with Gasteiger partial charge in [0.05, 0.1) is 10.7 Å². The number of hydrogen-bond acceptors (Lipinski definition) is 4. The number of carbonyl (C=O) groups is 1. The number of nitrogens with zero attached hydrogens (tertiary/aromatic N) is 2. The predicted octanol–water partition coefficient (Wildman–Crippen LogP) is 2.51. The van der Waals surface area contributed by atoms with Crippen LogP contribution in [0.1, 0.15) is 12.0 Å². The van der Waals surface area contributed by atoms with Crippen LogP contribution >= 0.6 is 11.6 Å². The fourth-order valence-corrected chi connectivity index (χ4v) is 4.17. The van der Waals surface area contributed by atoms with E-state index in [2.05, 4.69) is 15.1 Å². The molecule has 9 heteroatoms. The molecule has 2 N–H and O–H groups in total. The van der Waals surface area contributed by atoms with Gasteiger partial charge in [-0.25, -0.2) is 17.8 Å². The maximum absolute atomic E-state index is 12.3. The topological polar surface area (TPSA) is 93.1 Å². The number of para-hydroxylation sites is 1. The van der Waals surface area contributed by atoms with Crippen LogP contribution in [0.5, 0.6) is 0 Å². The lowest BCUT2D eigenvalue weighted by Crippen LogP contribution is -2.30. The molecule has 28 heavy (non-hydrogen) atoms. The van der Waals surface area contributed by atoms with Gasteiger partial charge in [-0.15, -0.1) is 0 Å². The molecule has 0 fully saturated rings. The summed E-state index contributed by atoms with van der Waals surface area (Å²) in [5.41, 5.74) is 1.77. The summed E-state index contributed by atoms with van der Waals surface area (Å²) in [5, 5.41) is 7.13. The van der Waals surface area contributed by atoms with Gasteiger partial charge in [-0.05, 0) is 29.8 Å². The molecule has 146 valence electrons. The van der Waals surface area contributed by atoms with E-state index in [-0.39, 0.29) is 28.8 Å². The maximum atomic E-state index is 12.3. The highest BCUT2D eigenvalue weighted by atomic mass is 35.5. The zero-order valence-electron chi connectivity index (χ0n) is 14.9. The van der Waals surface area contributed by atoms with E-state index in [1.807, 2.05) is 36.5 Å². The highest BCUT2D eigenvalue weighted by Gasteiger charge is 2.17. The molecule has 0 bridgehead atoms. The molecule has 0 atom stereocenters. The number of rotatable bonds is 8. The summed E-state index contributed by atoms with van der Waals surface area (Å²) >= 11 is 5.92. The molecule has 1 heterocycles.